The molecular weight excluding hydrogens is 479 g/mol. The number of rotatable bonds is 8. The number of piperidine rings is 1. The predicted octanol–water partition coefficient (Wildman–Crippen LogP) is 1.96. The number of halogens is 1. The smallest absolute Gasteiger partial charge is 0.236 e. The highest BCUT2D eigenvalue weighted by atomic mass is 19.1. The lowest BCUT2D eigenvalue weighted by Crippen LogP contribution is -2.45. The number of hydrogen-bond acceptors (Lipinski definition) is 9. The minimum absolute atomic E-state index is 0.0417. The van der Waals surface area contributed by atoms with Gasteiger partial charge < -0.3 is 19.7 Å². The second-order valence-corrected chi connectivity index (χ2v) is 9.09. The van der Waals surface area contributed by atoms with Crippen LogP contribution in [0.25, 0.3) is 17.2 Å². The summed E-state index contributed by atoms with van der Waals surface area (Å²) in [5.41, 5.74) is 1.11. The average Bonchev–Trinajstić information content (AvgIpc) is 3.33. The van der Waals surface area contributed by atoms with Gasteiger partial charge in [-0.15, -0.1) is 0 Å². The first-order chi connectivity index (χ1) is 18.1. The number of hydrogen-bond donors (Lipinski definition) is 1. The Kier molecular flexibility index (Phi) is 7.72. The molecule has 5 rings (SSSR count). The maximum atomic E-state index is 14.0. The van der Waals surface area contributed by atoms with Crippen LogP contribution in [0.4, 0.5) is 10.2 Å². The first-order valence-corrected chi connectivity index (χ1v) is 12.5. The summed E-state index contributed by atoms with van der Waals surface area (Å²) in [4.78, 5) is 29.8. The molecule has 194 valence electrons. The molecule has 0 bridgehead atoms. The summed E-state index contributed by atoms with van der Waals surface area (Å²) in [5.74, 6) is 0.708. The number of ether oxygens (including phenoxy) is 2. The number of nitriles is 1. The van der Waals surface area contributed by atoms with Gasteiger partial charge in [0, 0.05) is 51.0 Å². The van der Waals surface area contributed by atoms with Crippen LogP contribution < -0.4 is 10.1 Å². The molecule has 1 unspecified atom stereocenters. The Morgan fingerprint density at radius 1 is 1.27 bits per heavy atom. The molecule has 2 aliphatic rings. The van der Waals surface area contributed by atoms with Gasteiger partial charge in [-0.25, -0.2) is 14.4 Å². The predicted molar refractivity (Wildman–Crippen MR) is 132 cm³/mol. The second kappa shape index (κ2) is 11.5. The number of carbonyl (C=O) groups is 1. The maximum absolute atomic E-state index is 14.0. The minimum Gasteiger partial charge on any atom is -0.476 e. The topological polar surface area (TPSA) is 121 Å². The van der Waals surface area contributed by atoms with Gasteiger partial charge in [0.2, 0.25) is 11.8 Å². The number of anilines is 1. The first-order valence-electron chi connectivity index (χ1n) is 12.5. The zero-order valence-electron chi connectivity index (χ0n) is 20.5. The summed E-state index contributed by atoms with van der Waals surface area (Å²) in [7, 11) is 0. The number of likely N-dealkylation sites (tertiary alicyclic amines) is 1. The van der Waals surface area contributed by atoms with Gasteiger partial charge in [-0.3, -0.25) is 14.1 Å². The summed E-state index contributed by atoms with van der Waals surface area (Å²) < 4.78 is 27.0. The molecule has 2 aliphatic heterocycles. The van der Waals surface area contributed by atoms with Crippen molar-refractivity contribution in [3.63, 3.8) is 0 Å². The van der Waals surface area contributed by atoms with E-state index in [1.54, 1.807) is 27.6 Å². The number of aromatic nitrogens is 4. The van der Waals surface area contributed by atoms with Crippen molar-refractivity contribution in [1.82, 2.24) is 29.2 Å². The highest BCUT2D eigenvalue weighted by molar-refractivity contribution is 5.78. The van der Waals surface area contributed by atoms with Crippen LogP contribution in [0, 0.1) is 17.1 Å². The molecule has 1 N–H and O–H groups in total. The molecule has 1 amide bonds. The molecule has 0 aromatic carbocycles. The van der Waals surface area contributed by atoms with Crippen LogP contribution in [0.5, 0.6) is 5.88 Å². The van der Waals surface area contributed by atoms with Crippen molar-refractivity contribution < 1.29 is 18.7 Å². The standard InChI is InChI=1S/C25H29FN8O3/c26-18-3-4-22-28-15-20(34(22)16-18)25-30-21(29-19-2-1-7-33(17-19)24(35)5-6-27)14-23(31-25)37-13-10-32-8-11-36-12-9-32/h3-4,14-16,19H,1-2,5,7-13,17H2,(H,29,30,31). The lowest BCUT2D eigenvalue weighted by molar-refractivity contribution is -0.131. The minimum atomic E-state index is -0.396. The number of pyridine rings is 1. The molecule has 0 saturated carbocycles. The summed E-state index contributed by atoms with van der Waals surface area (Å²) >= 11 is 0. The lowest BCUT2D eigenvalue weighted by Gasteiger charge is -2.33. The molecule has 3 aromatic heterocycles. The molecule has 5 heterocycles. The molecule has 12 heteroatoms. The average molecular weight is 509 g/mol. The van der Waals surface area contributed by atoms with E-state index in [1.807, 2.05) is 6.07 Å². The van der Waals surface area contributed by atoms with Crippen LogP contribution in [0.2, 0.25) is 0 Å². The Bertz CT molecular complexity index is 1290. The van der Waals surface area contributed by atoms with E-state index in [1.165, 1.54) is 12.3 Å². The number of carbonyl (C=O) groups excluding carboxylic acids is 1. The van der Waals surface area contributed by atoms with Crippen LogP contribution in [-0.4, -0.2) is 93.6 Å². The van der Waals surface area contributed by atoms with E-state index in [0.29, 0.717) is 61.8 Å². The quantitative estimate of drug-likeness (QED) is 0.487. The van der Waals surface area contributed by atoms with E-state index in [9.17, 15) is 9.18 Å². The first kappa shape index (κ1) is 24.9. The molecule has 2 saturated heterocycles. The van der Waals surface area contributed by atoms with E-state index in [-0.39, 0.29) is 18.4 Å². The van der Waals surface area contributed by atoms with Gasteiger partial charge in [-0.2, -0.15) is 10.2 Å². The van der Waals surface area contributed by atoms with Gasteiger partial charge in [0.1, 0.15) is 36.0 Å². The van der Waals surface area contributed by atoms with Crippen LogP contribution in [0.1, 0.15) is 19.3 Å². The zero-order valence-corrected chi connectivity index (χ0v) is 20.5. The summed E-state index contributed by atoms with van der Waals surface area (Å²) in [6.45, 7) is 5.45. The fourth-order valence-corrected chi connectivity index (χ4v) is 4.62. The molecule has 0 radical (unpaired) electrons. The molecule has 0 aliphatic carbocycles. The number of nitrogens with zero attached hydrogens (tertiary/aromatic N) is 7. The monoisotopic (exact) mass is 508 g/mol. The van der Waals surface area contributed by atoms with E-state index in [4.69, 9.17) is 14.7 Å². The molecule has 3 aromatic rings. The third-order valence-electron chi connectivity index (χ3n) is 6.52. The van der Waals surface area contributed by atoms with Crippen molar-refractivity contribution >= 4 is 17.4 Å². The normalized spacial score (nSPS) is 18.5. The molecule has 11 nitrogen and oxygen atoms in total. The van der Waals surface area contributed by atoms with Gasteiger partial charge in [0.25, 0.3) is 0 Å². The van der Waals surface area contributed by atoms with E-state index in [0.717, 1.165) is 32.5 Å². The highest BCUT2D eigenvalue weighted by Gasteiger charge is 2.24. The number of morpholine rings is 1. The van der Waals surface area contributed by atoms with Crippen molar-refractivity contribution in [1.29, 1.82) is 5.26 Å². The van der Waals surface area contributed by atoms with Gasteiger partial charge in [0.15, 0.2) is 5.82 Å². The maximum Gasteiger partial charge on any atom is 0.236 e. The van der Waals surface area contributed by atoms with Crippen LogP contribution in [0.3, 0.4) is 0 Å². The SMILES string of the molecule is N#CCC(=O)N1CCCC(Nc2cc(OCCN3CCOCC3)nc(-c3cnc4ccc(F)cn34)n2)C1. The number of amides is 1. The third-order valence-corrected chi connectivity index (χ3v) is 6.52. The Balaban J connectivity index is 1.38. The number of nitrogens with one attached hydrogen (secondary N) is 1. The van der Waals surface area contributed by atoms with Gasteiger partial charge in [0.05, 0.1) is 25.5 Å². The lowest BCUT2D eigenvalue weighted by atomic mass is 10.1. The Morgan fingerprint density at radius 3 is 2.97 bits per heavy atom. The van der Waals surface area contributed by atoms with E-state index >= 15 is 0 Å². The molecular formula is C25H29FN8O3. The Labute approximate surface area is 213 Å². The van der Waals surface area contributed by atoms with Crippen molar-refractivity contribution in [2.24, 2.45) is 0 Å². The largest absolute Gasteiger partial charge is 0.476 e. The zero-order chi connectivity index (χ0) is 25.6. The third kappa shape index (κ3) is 6.12. The van der Waals surface area contributed by atoms with Gasteiger partial charge >= 0.3 is 0 Å². The number of imidazole rings is 1. The van der Waals surface area contributed by atoms with Gasteiger partial charge in [-0.05, 0) is 25.0 Å². The Morgan fingerprint density at radius 2 is 2.14 bits per heavy atom. The summed E-state index contributed by atoms with van der Waals surface area (Å²) in [5, 5.41) is 12.3. The van der Waals surface area contributed by atoms with Gasteiger partial charge in [-0.1, -0.05) is 0 Å². The second-order valence-electron chi connectivity index (χ2n) is 9.09. The fraction of sp³-hybridized carbons (Fsp3) is 0.480. The number of fused-ring (bicyclic) bond motifs is 1. The highest BCUT2D eigenvalue weighted by Crippen LogP contribution is 2.25. The van der Waals surface area contributed by atoms with Crippen molar-refractivity contribution in [2.45, 2.75) is 25.3 Å². The van der Waals surface area contributed by atoms with E-state index < -0.39 is 5.82 Å². The molecule has 1 atom stereocenters. The molecule has 37 heavy (non-hydrogen) atoms. The summed E-state index contributed by atoms with van der Waals surface area (Å²) in [6.07, 6.45) is 4.50. The van der Waals surface area contributed by atoms with Crippen molar-refractivity contribution in [3.05, 3.63) is 36.4 Å². The van der Waals surface area contributed by atoms with E-state index in [2.05, 4.69) is 25.2 Å². The molecule has 2 fully saturated rings. The van der Waals surface area contributed by atoms with Crippen LogP contribution in [-0.2, 0) is 9.53 Å². The fourth-order valence-electron chi connectivity index (χ4n) is 4.62. The molecule has 0 spiro atoms. The van der Waals surface area contributed by atoms with Crippen molar-refractivity contribution in [3.8, 4) is 23.5 Å². The Hall–Kier alpha value is -3.82. The van der Waals surface area contributed by atoms with Crippen molar-refractivity contribution in [2.75, 3.05) is 57.9 Å². The van der Waals surface area contributed by atoms with Crippen LogP contribution >= 0.6 is 0 Å². The summed E-state index contributed by atoms with van der Waals surface area (Å²) in [6, 6.07) is 6.57. The van der Waals surface area contributed by atoms with Crippen LogP contribution in [0.15, 0.2) is 30.6 Å².